The molecule has 2 unspecified atom stereocenters. The van der Waals surface area contributed by atoms with Gasteiger partial charge in [-0.15, -0.1) is 0 Å². The Labute approximate surface area is 109 Å². The molecule has 1 aliphatic rings. The third kappa shape index (κ3) is 3.22. The normalized spacial score (nSPS) is 26.2. The van der Waals surface area contributed by atoms with Crippen LogP contribution in [0.3, 0.4) is 0 Å². The van der Waals surface area contributed by atoms with E-state index in [-0.39, 0.29) is 5.91 Å². The van der Waals surface area contributed by atoms with Gasteiger partial charge in [0.05, 0.1) is 0 Å². The topological polar surface area (TPSA) is 29.1 Å². The van der Waals surface area contributed by atoms with Gasteiger partial charge in [0.1, 0.15) is 0 Å². The van der Waals surface area contributed by atoms with Gasteiger partial charge >= 0.3 is 0 Å². The van der Waals surface area contributed by atoms with Crippen LogP contribution in [0.15, 0.2) is 36.4 Å². The summed E-state index contributed by atoms with van der Waals surface area (Å²) in [5.74, 6) is 0.790. The van der Waals surface area contributed by atoms with E-state index in [9.17, 15) is 4.79 Å². The van der Waals surface area contributed by atoms with Crippen molar-refractivity contribution >= 4 is 12.0 Å². The summed E-state index contributed by atoms with van der Waals surface area (Å²) in [7, 11) is 0. The molecule has 0 heterocycles. The van der Waals surface area contributed by atoms with Crippen LogP contribution in [-0.2, 0) is 4.79 Å². The van der Waals surface area contributed by atoms with Crippen LogP contribution in [0.4, 0.5) is 0 Å². The highest BCUT2D eigenvalue weighted by molar-refractivity contribution is 5.91. The minimum atomic E-state index is 0.00170. The highest BCUT2D eigenvalue weighted by Crippen LogP contribution is 2.53. The van der Waals surface area contributed by atoms with E-state index in [0.717, 1.165) is 18.0 Å². The van der Waals surface area contributed by atoms with E-state index in [1.54, 1.807) is 6.08 Å². The van der Waals surface area contributed by atoms with Gasteiger partial charge in [-0.2, -0.15) is 0 Å². The summed E-state index contributed by atoms with van der Waals surface area (Å²) in [6.07, 6.45) is 5.92. The lowest BCUT2D eigenvalue weighted by Crippen LogP contribution is -2.28. The molecule has 1 amide bonds. The summed E-state index contributed by atoms with van der Waals surface area (Å²) in [5, 5.41) is 2.99. The van der Waals surface area contributed by atoms with Crippen LogP contribution in [0.1, 0.15) is 32.3 Å². The van der Waals surface area contributed by atoms with Crippen molar-refractivity contribution in [2.45, 2.75) is 26.7 Å². The number of benzene rings is 1. The number of carbonyl (C=O) groups is 1. The molecule has 2 rings (SSSR count). The number of hydrogen-bond acceptors (Lipinski definition) is 1. The Morgan fingerprint density at radius 3 is 2.78 bits per heavy atom. The highest BCUT2D eigenvalue weighted by Gasteiger charge is 2.48. The summed E-state index contributed by atoms with van der Waals surface area (Å²) in [6, 6.07) is 9.87. The molecule has 1 fully saturated rings. The largest absolute Gasteiger partial charge is 0.352 e. The Morgan fingerprint density at radius 2 is 2.17 bits per heavy atom. The van der Waals surface area contributed by atoms with E-state index >= 15 is 0 Å². The van der Waals surface area contributed by atoms with Gasteiger partial charge in [-0.25, -0.2) is 0 Å². The van der Waals surface area contributed by atoms with E-state index in [1.165, 1.54) is 12.8 Å². The Balaban J connectivity index is 1.78. The van der Waals surface area contributed by atoms with Crippen LogP contribution in [0, 0.1) is 11.3 Å². The summed E-state index contributed by atoms with van der Waals surface area (Å²) in [4.78, 5) is 11.7. The van der Waals surface area contributed by atoms with Crippen LogP contribution in [0.25, 0.3) is 6.08 Å². The molecule has 96 valence electrons. The van der Waals surface area contributed by atoms with E-state index in [4.69, 9.17) is 0 Å². The van der Waals surface area contributed by atoms with Gasteiger partial charge in [0.25, 0.3) is 0 Å². The van der Waals surface area contributed by atoms with Gasteiger partial charge in [0.15, 0.2) is 0 Å². The van der Waals surface area contributed by atoms with Crippen molar-refractivity contribution < 1.29 is 4.79 Å². The van der Waals surface area contributed by atoms with Gasteiger partial charge in [-0.1, -0.05) is 50.6 Å². The molecule has 0 radical (unpaired) electrons. The number of hydrogen-bond donors (Lipinski definition) is 1. The summed E-state index contributed by atoms with van der Waals surface area (Å²) in [5.41, 5.74) is 1.39. The van der Waals surface area contributed by atoms with E-state index < -0.39 is 0 Å². The Kier molecular flexibility index (Phi) is 3.85. The zero-order valence-corrected chi connectivity index (χ0v) is 11.1. The third-order valence-corrected chi connectivity index (χ3v) is 3.92. The first-order valence-electron chi connectivity index (χ1n) is 6.65. The van der Waals surface area contributed by atoms with Crippen LogP contribution in [0.5, 0.6) is 0 Å². The minimum Gasteiger partial charge on any atom is -0.352 e. The first-order chi connectivity index (χ1) is 8.64. The molecule has 1 saturated carbocycles. The third-order valence-electron chi connectivity index (χ3n) is 3.92. The zero-order chi connectivity index (χ0) is 13.0. The maximum absolute atomic E-state index is 11.7. The highest BCUT2D eigenvalue weighted by atomic mass is 16.1. The average Bonchev–Trinajstić information content (AvgIpc) is 3.07. The van der Waals surface area contributed by atoms with Crippen molar-refractivity contribution in [1.29, 1.82) is 0 Å². The van der Waals surface area contributed by atoms with Crippen molar-refractivity contribution in [3.05, 3.63) is 42.0 Å². The SMILES string of the molecule is CCC1CC1(C)CNC(=O)/C=C/c1ccccc1. The molecular weight excluding hydrogens is 222 g/mol. The predicted molar refractivity (Wildman–Crippen MR) is 75.0 cm³/mol. The van der Waals surface area contributed by atoms with Crippen molar-refractivity contribution in [3.63, 3.8) is 0 Å². The molecule has 2 atom stereocenters. The van der Waals surface area contributed by atoms with Crippen LogP contribution in [-0.4, -0.2) is 12.5 Å². The Morgan fingerprint density at radius 1 is 1.44 bits per heavy atom. The van der Waals surface area contributed by atoms with Crippen LogP contribution >= 0.6 is 0 Å². The van der Waals surface area contributed by atoms with Crippen LogP contribution < -0.4 is 5.32 Å². The van der Waals surface area contributed by atoms with E-state index in [1.807, 2.05) is 36.4 Å². The van der Waals surface area contributed by atoms with E-state index in [0.29, 0.717) is 5.41 Å². The molecule has 1 aromatic rings. The summed E-state index contributed by atoms with van der Waals surface area (Å²) >= 11 is 0. The smallest absolute Gasteiger partial charge is 0.244 e. The number of nitrogens with one attached hydrogen (secondary N) is 1. The van der Waals surface area contributed by atoms with Gasteiger partial charge in [0.2, 0.25) is 5.91 Å². The predicted octanol–water partition coefficient (Wildman–Crippen LogP) is 3.25. The molecule has 18 heavy (non-hydrogen) atoms. The second-order valence-corrected chi connectivity index (χ2v) is 5.43. The standard InChI is InChI=1S/C16H21NO/c1-3-14-11-16(14,2)12-17-15(18)10-9-13-7-5-4-6-8-13/h4-10,14H,3,11-12H2,1-2H3,(H,17,18)/b10-9+. The average molecular weight is 243 g/mol. The fraction of sp³-hybridized carbons (Fsp3) is 0.438. The molecule has 0 aliphatic heterocycles. The van der Waals surface area contributed by atoms with Gasteiger partial charge in [0, 0.05) is 12.6 Å². The summed E-state index contributed by atoms with van der Waals surface area (Å²) < 4.78 is 0. The number of rotatable bonds is 5. The first kappa shape index (κ1) is 12.9. The van der Waals surface area contributed by atoms with Gasteiger partial charge < -0.3 is 5.32 Å². The lowest BCUT2D eigenvalue weighted by molar-refractivity contribution is -0.116. The molecule has 1 aromatic carbocycles. The molecule has 1 aliphatic carbocycles. The fourth-order valence-electron chi connectivity index (χ4n) is 2.44. The minimum absolute atomic E-state index is 0.00170. The molecule has 0 saturated heterocycles. The maximum atomic E-state index is 11.7. The van der Waals surface area contributed by atoms with Crippen LogP contribution in [0.2, 0.25) is 0 Å². The second-order valence-electron chi connectivity index (χ2n) is 5.43. The van der Waals surface area contributed by atoms with Crippen molar-refractivity contribution in [2.24, 2.45) is 11.3 Å². The number of amides is 1. The molecule has 0 aromatic heterocycles. The zero-order valence-electron chi connectivity index (χ0n) is 11.1. The molecule has 2 nitrogen and oxygen atoms in total. The molecular formula is C16H21NO. The fourth-order valence-corrected chi connectivity index (χ4v) is 2.44. The Hall–Kier alpha value is -1.57. The van der Waals surface area contributed by atoms with E-state index in [2.05, 4.69) is 19.2 Å². The van der Waals surface area contributed by atoms with Gasteiger partial charge in [-0.05, 0) is 29.4 Å². The van der Waals surface area contributed by atoms with Crippen molar-refractivity contribution in [2.75, 3.05) is 6.54 Å². The number of carbonyl (C=O) groups excluding carboxylic acids is 1. The second kappa shape index (κ2) is 5.38. The monoisotopic (exact) mass is 243 g/mol. The van der Waals surface area contributed by atoms with Gasteiger partial charge in [-0.3, -0.25) is 4.79 Å². The molecule has 0 bridgehead atoms. The summed E-state index contributed by atoms with van der Waals surface area (Å²) in [6.45, 7) is 5.26. The quantitative estimate of drug-likeness (QED) is 0.790. The molecule has 1 N–H and O–H groups in total. The van der Waals surface area contributed by atoms with Crippen molar-refractivity contribution in [1.82, 2.24) is 5.32 Å². The molecule has 2 heteroatoms. The lowest BCUT2D eigenvalue weighted by atomic mass is 10.1. The molecule has 0 spiro atoms. The first-order valence-corrected chi connectivity index (χ1v) is 6.65. The van der Waals surface area contributed by atoms with Crippen molar-refractivity contribution in [3.8, 4) is 0 Å². The lowest BCUT2D eigenvalue weighted by Gasteiger charge is -2.10. The Bertz CT molecular complexity index is 438. The maximum Gasteiger partial charge on any atom is 0.244 e.